The molecule has 0 unspecified atom stereocenters. The van der Waals surface area contributed by atoms with E-state index < -0.39 is 31.9 Å². The first-order valence-corrected chi connectivity index (χ1v) is 8.49. The van der Waals surface area contributed by atoms with Crippen molar-refractivity contribution in [2.24, 2.45) is 0 Å². The Hall–Kier alpha value is -0.460. The molecular formula is C12H23O7P. The van der Waals surface area contributed by atoms with Gasteiger partial charge in [0.2, 0.25) is 0 Å². The highest BCUT2D eigenvalue weighted by Crippen LogP contribution is 2.49. The zero-order valence-corrected chi connectivity index (χ0v) is 13.0. The summed E-state index contributed by atoms with van der Waals surface area (Å²) in [6.07, 6.45) is -1.65. The van der Waals surface area contributed by atoms with E-state index in [9.17, 15) is 14.5 Å². The normalized spacial score (nSPS) is 26.7. The van der Waals surface area contributed by atoms with Crippen LogP contribution in [-0.2, 0) is 27.9 Å². The summed E-state index contributed by atoms with van der Waals surface area (Å²) in [4.78, 5) is 10.9. The molecule has 0 saturated carbocycles. The number of esters is 1. The first-order valence-electron chi connectivity index (χ1n) is 6.77. The first kappa shape index (κ1) is 17.6. The van der Waals surface area contributed by atoms with E-state index in [4.69, 9.17) is 18.5 Å². The van der Waals surface area contributed by atoms with E-state index in [-0.39, 0.29) is 12.8 Å². The lowest BCUT2D eigenvalue weighted by Gasteiger charge is -2.20. The third-order valence-corrected chi connectivity index (χ3v) is 5.00. The maximum atomic E-state index is 12.3. The molecule has 1 heterocycles. The van der Waals surface area contributed by atoms with Gasteiger partial charge in [-0.3, -0.25) is 9.36 Å². The van der Waals surface area contributed by atoms with Crippen molar-refractivity contribution in [3.05, 3.63) is 0 Å². The van der Waals surface area contributed by atoms with Crippen molar-refractivity contribution >= 4 is 13.6 Å². The molecule has 0 bridgehead atoms. The Kier molecular flexibility index (Phi) is 7.12. The van der Waals surface area contributed by atoms with Gasteiger partial charge in [-0.1, -0.05) is 0 Å². The number of rotatable bonds is 8. The molecule has 0 amide bonds. The monoisotopic (exact) mass is 310 g/mol. The van der Waals surface area contributed by atoms with E-state index >= 15 is 0 Å². The molecule has 7 nitrogen and oxygen atoms in total. The van der Waals surface area contributed by atoms with E-state index in [1.165, 1.54) is 6.92 Å². The molecule has 1 N–H and O–H groups in total. The van der Waals surface area contributed by atoms with Crippen molar-refractivity contribution in [1.82, 2.24) is 0 Å². The Labute approximate surface area is 119 Å². The Balaban J connectivity index is 2.48. The summed E-state index contributed by atoms with van der Waals surface area (Å²) >= 11 is 0. The van der Waals surface area contributed by atoms with Crippen LogP contribution in [0.4, 0.5) is 0 Å². The molecule has 0 aromatic rings. The summed E-state index contributed by atoms with van der Waals surface area (Å²) in [7, 11) is -3.14. The topological polar surface area (TPSA) is 91.3 Å². The fourth-order valence-electron chi connectivity index (χ4n) is 2.07. The molecule has 0 radical (unpaired) electrons. The smallest absolute Gasteiger partial charge is 0.330 e. The van der Waals surface area contributed by atoms with Crippen LogP contribution in [0.1, 0.15) is 27.2 Å². The highest BCUT2D eigenvalue weighted by molar-refractivity contribution is 7.53. The van der Waals surface area contributed by atoms with Crippen LogP contribution < -0.4 is 0 Å². The van der Waals surface area contributed by atoms with E-state index in [0.717, 1.165) is 0 Å². The third kappa shape index (κ3) is 5.14. The van der Waals surface area contributed by atoms with Crippen LogP contribution in [-0.4, -0.2) is 55.4 Å². The number of carbonyl (C=O) groups is 1. The van der Waals surface area contributed by atoms with Gasteiger partial charge in [-0.25, -0.2) is 0 Å². The zero-order valence-electron chi connectivity index (χ0n) is 12.1. The first-order chi connectivity index (χ1) is 9.41. The zero-order chi connectivity index (χ0) is 15.2. The van der Waals surface area contributed by atoms with Gasteiger partial charge in [0.25, 0.3) is 0 Å². The van der Waals surface area contributed by atoms with Crippen LogP contribution >= 0.6 is 7.60 Å². The molecule has 1 aliphatic heterocycles. The number of ether oxygens (including phenoxy) is 2. The molecule has 20 heavy (non-hydrogen) atoms. The number of hydrogen-bond acceptors (Lipinski definition) is 7. The molecule has 1 aliphatic rings. The average Bonchev–Trinajstić information content (AvgIpc) is 2.69. The van der Waals surface area contributed by atoms with E-state index in [1.54, 1.807) is 13.8 Å². The summed E-state index contributed by atoms with van der Waals surface area (Å²) < 4.78 is 32.9. The lowest BCUT2D eigenvalue weighted by molar-refractivity contribution is -0.150. The predicted octanol–water partition coefficient (Wildman–Crippen LogP) is 1.33. The quantitative estimate of drug-likeness (QED) is 0.534. The highest BCUT2D eigenvalue weighted by Gasteiger charge is 2.39. The number of aliphatic hydroxyl groups is 1. The minimum Gasteiger partial charge on any atom is -0.457 e. The van der Waals surface area contributed by atoms with Gasteiger partial charge in [0, 0.05) is 6.92 Å². The van der Waals surface area contributed by atoms with E-state index in [2.05, 4.69) is 0 Å². The van der Waals surface area contributed by atoms with Gasteiger partial charge >= 0.3 is 13.6 Å². The molecule has 0 spiro atoms. The second-order valence-corrected chi connectivity index (χ2v) is 6.65. The summed E-state index contributed by atoms with van der Waals surface area (Å²) in [5.74, 6) is -0.465. The van der Waals surface area contributed by atoms with Crippen LogP contribution in [0.3, 0.4) is 0 Å². The molecule has 8 heteroatoms. The number of hydrogen-bond donors (Lipinski definition) is 1. The minimum absolute atomic E-state index is 0.138. The van der Waals surface area contributed by atoms with Crippen molar-refractivity contribution in [2.75, 3.05) is 26.0 Å². The maximum Gasteiger partial charge on any atom is 0.330 e. The fourth-order valence-corrected chi connectivity index (χ4v) is 3.76. The molecule has 1 saturated heterocycles. The third-order valence-electron chi connectivity index (χ3n) is 2.89. The minimum atomic E-state index is -3.14. The molecular weight excluding hydrogens is 287 g/mol. The second-order valence-electron chi connectivity index (χ2n) is 4.47. The predicted molar refractivity (Wildman–Crippen MR) is 71.6 cm³/mol. The standard InChI is InChI=1S/C12H23O7P/c1-4-17-20(15,18-5-2)7-6-10-12(14)11(8-16-10)19-9(3)13/h10-12,14H,4-8H2,1-3H3/t10-,11+,12-/m1/s1. The van der Waals surface area contributed by atoms with Gasteiger partial charge in [-0.15, -0.1) is 0 Å². The van der Waals surface area contributed by atoms with Crippen molar-refractivity contribution in [3.8, 4) is 0 Å². The molecule has 1 rings (SSSR count). The Morgan fingerprint density at radius 2 is 1.95 bits per heavy atom. The summed E-state index contributed by atoms with van der Waals surface area (Å²) in [5, 5.41) is 9.98. The molecule has 1 fully saturated rings. The van der Waals surface area contributed by atoms with Crippen LogP contribution in [0.25, 0.3) is 0 Å². The number of carbonyl (C=O) groups excluding carboxylic acids is 1. The molecule has 3 atom stereocenters. The summed E-state index contributed by atoms with van der Waals surface area (Å²) in [6.45, 7) is 5.48. The van der Waals surface area contributed by atoms with Crippen molar-refractivity contribution in [3.63, 3.8) is 0 Å². The van der Waals surface area contributed by atoms with E-state index in [0.29, 0.717) is 19.6 Å². The lowest BCUT2D eigenvalue weighted by Crippen LogP contribution is -2.33. The van der Waals surface area contributed by atoms with E-state index in [1.807, 2.05) is 0 Å². The van der Waals surface area contributed by atoms with Gasteiger partial charge in [0.1, 0.15) is 6.10 Å². The lowest BCUT2D eigenvalue weighted by atomic mass is 10.1. The molecule has 0 aromatic heterocycles. The van der Waals surface area contributed by atoms with Crippen LogP contribution in [0, 0.1) is 0 Å². The van der Waals surface area contributed by atoms with Crippen molar-refractivity contribution in [2.45, 2.75) is 45.5 Å². The summed E-state index contributed by atoms with van der Waals surface area (Å²) in [6, 6.07) is 0. The second kappa shape index (κ2) is 8.10. The van der Waals surface area contributed by atoms with Gasteiger partial charge in [0.05, 0.1) is 32.1 Å². The van der Waals surface area contributed by atoms with Crippen LogP contribution in [0.2, 0.25) is 0 Å². The van der Waals surface area contributed by atoms with Crippen LogP contribution in [0.15, 0.2) is 0 Å². The van der Waals surface area contributed by atoms with Gasteiger partial charge in [-0.05, 0) is 20.3 Å². The molecule has 118 valence electrons. The van der Waals surface area contributed by atoms with Crippen LogP contribution in [0.5, 0.6) is 0 Å². The Bertz CT molecular complexity index is 350. The van der Waals surface area contributed by atoms with Gasteiger partial charge in [0.15, 0.2) is 6.10 Å². The van der Waals surface area contributed by atoms with Crippen molar-refractivity contribution in [1.29, 1.82) is 0 Å². The Morgan fingerprint density at radius 3 is 2.45 bits per heavy atom. The largest absolute Gasteiger partial charge is 0.457 e. The molecule has 0 aliphatic carbocycles. The van der Waals surface area contributed by atoms with Gasteiger partial charge in [-0.2, -0.15) is 0 Å². The van der Waals surface area contributed by atoms with Crippen molar-refractivity contribution < 1.29 is 33.0 Å². The van der Waals surface area contributed by atoms with Gasteiger partial charge < -0.3 is 23.6 Å². The Morgan fingerprint density at radius 1 is 1.35 bits per heavy atom. The molecule has 0 aromatic carbocycles. The SMILES string of the molecule is CCOP(=O)(CC[C@H]1OC[C@H](OC(C)=O)[C@@H]1O)OCC. The fraction of sp³-hybridized carbons (Fsp3) is 0.917. The average molecular weight is 310 g/mol. The highest BCUT2D eigenvalue weighted by atomic mass is 31.2. The number of aliphatic hydroxyl groups excluding tert-OH is 1. The summed E-state index contributed by atoms with van der Waals surface area (Å²) in [5.41, 5.74) is 0. The maximum absolute atomic E-state index is 12.3.